The molecule has 3 unspecified atom stereocenters. The molecule has 1 aliphatic carbocycles. The van der Waals surface area contributed by atoms with Crippen molar-refractivity contribution >= 4 is 0 Å². The Morgan fingerprint density at radius 2 is 1.85 bits per heavy atom. The van der Waals surface area contributed by atoms with Crippen LogP contribution in [0.5, 0.6) is 0 Å². The van der Waals surface area contributed by atoms with Crippen LogP contribution in [0.25, 0.3) is 0 Å². The predicted molar refractivity (Wildman–Crippen MR) is 87.2 cm³/mol. The Kier molecular flexibility index (Phi) is 6.79. The molecule has 0 aromatic carbocycles. The summed E-state index contributed by atoms with van der Waals surface area (Å²) < 4.78 is 0. The molecule has 0 aromatic rings. The molecular weight excluding hydrogens is 246 g/mol. The van der Waals surface area contributed by atoms with Gasteiger partial charge in [-0.2, -0.15) is 0 Å². The summed E-state index contributed by atoms with van der Waals surface area (Å²) in [5.74, 6) is 0.869. The molecule has 2 fully saturated rings. The van der Waals surface area contributed by atoms with Gasteiger partial charge in [0.1, 0.15) is 0 Å². The monoisotopic (exact) mass is 281 g/mol. The van der Waals surface area contributed by atoms with Crippen LogP contribution in [0.15, 0.2) is 0 Å². The minimum Gasteiger partial charge on any atom is -0.314 e. The Balaban J connectivity index is 1.77. The Bertz CT molecular complexity index is 261. The number of likely N-dealkylation sites (N-methyl/N-ethyl adjacent to an activating group) is 1. The van der Waals surface area contributed by atoms with Gasteiger partial charge in [-0.25, -0.2) is 0 Å². The van der Waals surface area contributed by atoms with Gasteiger partial charge in [0.25, 0.3) is 0 Å². The van der Waals surface area contributed by atoms with Gasteiger partial charge in [-0.05, 0) is 59.0 Å². The molecule has 20 heavy (non-hydrogen) atoms. The zero-order valence-corrected chi connectivity index (χ0v) is 13.8. The van der Waals surface area contributed by atoms with Crippen molar-refractivity contribution in [1.29, 1.82) is 0 Å². The summed E-state index contributed by atoms with van der Waals surface area (Å²) in [5.41, 5.74) is 0. The molecule has 1 aliphatic heterocycles. The van der Waals surface area contributed by atoms with Gasteiger partial charge in [0.15, 0.2) is 0 Å². The summed E-state index contributed by atoms with van der Waals surface area (Å²) >= 11 is 0. The molecule has 0 aromatic heterocycles. The van der Waals surface area contributed by atoms with Crippen molar-refractivity contribution in [3.8, 4) is 0 Å². The standard InChI is InChI=1S/C17H35N3/c1-14(2)20(3)13-12-19-17-9-5-4-8-15(17)16-10-6-7-11-18-16/h14-19H,4-13H2,1-3H3. The Morgan fingerprint density at radius 1 is 1.10 bits per heavy atom. The first-order chi connectivity index (χ1) is 9.68. The van der Waals surface area contributed by atoms with E-state index in [2.05, 4.69) is 36.4 Å². The van der Waals surface area contributed by atoms with Gasteiger partial charge < -0.3 is 15.5 Å². The van der Waals surface area contributed by atoms with Gasteiger partial charge in [-0.15, -0.1) is 0 Å². The van der Waals surface area contributed by atoms with Crippen LogP contribution in [0, 0.1) is 5.92 Å². The zero-order chi connectivity index (χ0) is 14.4. The largest absolute Gasteiger partial charge is 0.314 e. The first-order valence-corrected chi connectivity index (χ1v) is 8.85. The molecule has 1 saturated carbocycles. The number of hydrogen-bond acceptors (Lipinski definition) is 3. The van der Waals surface area contributed by atoms with Gasteiger partial charge >= 0.3 is 0 Å². The van der Waals surface area contributed by atoms with Crippen molar-refractivity contribution < 1.29 is 0 Å². The predicted octanol–water partition coefficient (Wildman–Crippen LogP) is 2.62. The Labute approximate surface area is 125 Å². The molecule has 2 N–H and O–H groups in total. The van der Waals surface area contributed by atoms with E-state index in [0.717, 1.165) is 24.5 Å². The molecule has 2 aliphatic rings. The normalized spacial score (nSPS) is 31.9. The molecule has 1 saturated heterocycles. The lowest BCUT2D eigenvalue weighted by Crippen LogP contribution is -2.51. The van der Waals surface area contributed by atoms with E-state index in [1.54, 1.807) is 0 Å². The van der Waals surface area contributed by atoms with Crippen LogP contribution in [-0.2, 0) is 0 Å². The molecule has 3 nitrogen and oxygen atoms in total. The lowest BCUT2D eigenvalue weighted by atomic mass is 9.77. The zero-order valence-electron chi connectivity index (χ0n) is 13.8. The first kappa shape index (κ1) is 16.3. The smallest absolute Gasteiger partial charge is 0.0111 e. The van der Waals surface area contributed by atoms with Crippen molar-refractivity contribution in [1.82, 2.24) is 15.5 Å². The minimum atomic E-state index is 0.652. The third-order valence-corrected chi connectivity index (χ3v) is 5.44. The maximum absolute atomic E-state index is 3.87. The van der Waals surface area contributed by atoms with Gasteiger partial charge in [-0.1, -0.05) is 19.3 Å². The topological polar surface area (TPSA) is 27.3 Å². The highest BCUT2D eigenvalue weighted by molar-refractivity contribution is 4.90. The molecule has 0 spiro atoms. The fourth-order valence-corrected chi connectivity index (χ4v) is 3.82. The number of piperidine rings is 1. The second-order valence-electron chi connectivity index (χ2n) is 7.14. The Hall–Kier alpha value is -0.120. The van der Waals surface area contributed by atoms with Crippen molar-refractivity contribution in [2.75, 3.05) is 26.7 Å². The van der Waals surface area contributed by atoms with Gasteiger partial charge in [0.05, 0.1) is 0 Å². The van der Waals surface area contributed by atoms with Crippen molar-refractivity contribution in [3.63, 3.8) is 0 Å². The van der Waals surface area contributed by atoms with Crippen LogP contribution in [0.4, 0.5) is 0 Å². The molecule has 1 heterocycles. The fourth-order valence-electron chi connectivity index (χ4n) is 3.82. The highest BCUT2D eigenvalue weighted by Crippen LogP contribution is 2.30. The number of rotatable bonds is 6. The first-order valence-electron chi connectivity index (χ1n) is 8.85. The van der Waals surface area contributed by atoms with Gasteiger partial charge in [0, 0.05) is 31.2 Å². The third kappa shape index (κ3) is 4.71. The summed E-state index contributed by atoms with van der Waals surface area (Å²) in [4.78, 5) is 2.43. The highest BCUT2D eigenvalue weighted by atomic mass is 15.1. The van der Waals surface area contributed by atoms with E-state index in [9.17, 15) is 0 Å². The average molecular weight is 281 g/mol. The summed E-state index contributed by atoms with van der Waals surface area (Å²) in [6, 6.07) is 2.18. The van der Waals surface area contributed by atoms with E-state index in [-0.39, 0.29) is 0 Å². The third-order valence-electron chi connectivity index (χ3n) is 5.44. The van der Waals surface area contributed by atoms with Crippen LogP contribution in [0.3, 0.4) is 0 Å². The second-order valence-corrected chi connectivity index (χ2v) is 7.14. The summed E-state index contributed by atoms with van der Waals surface area (Å²) in [6.45, 7) is 8.09. The number of nitrogens with zero attached hydrogens (tertiary/aromatic N) is 1. The molecule has 118 valence electrons. The Morgan fingerprint density at radius 3 is 2.55 bits per heavy atom. The fraction of sp³-hybridized carbons (Fsp3) is 1.00. The summed E-state index contributed by atoms with van der Waals surface area (Å²) in [6.07, 6.45) is 9.86. The summed E-state index contributed by atoms with van der Waals surface area (Å²) in [7, 11) is 2.23. The summed E-state index contributed by atoms with van der Waals surface area (Å²) in [5, 5.41) is 7.66. The van der Waals surface area contributed by atoms with Crippen molar-refractivity contribution in [2.45, 2.75) is 76.9 Å². The molecule has 2 rings (SSSR count). The van der Waals surface area contributed by atoms with Crippen LogP contribution < -0.4 is 10.6 Å². The quantitative estimate of drug-likeness (QED) is 0.784. The SMILES string of the molecule is CC(C)N(C)CCNC1CCCCC1C1CCCCN1. The van der Waals surface area contributed by atoms with Crippen molar-refractivity contribution in [2.24, 2.45) is 5.92 Å². The van der Waals surface area contributed by atoms with Gasteiger partial charge in [0.2, 0.25) is 0 Å². The van der Waals surface area contributed by atoms with E-state index in [1.807, 2.05) is 0 Å². The minimum absolute atomic E-state index is 0.652. The van der Waals surface area contributed by atoms with Crippen LogP contribution >= 0.6 is 0 Å². The lowest BCUT2D eigenvalue weighted by Gasteiger charge is -2.40. The van der Waals surface area contributed by atoms with Crippen LogP contribution in [0.1, 0.15) is 58.8 Å². The molecule has 0 amide bonds. The van der Waals surface area contributed by atoms with Crippen LogP contribution in [-0.4, -0.2) is 49.7 Å². The highest BCUT2D eigenvalue weighted by Gasteiger charge is 2.31. The van der Waals surface area contributed by atoms with Crippen LogP contribution in [0.2, 0.25) is 0 Å². The van der Waals surface area contributed by atoms with E-state index < -0.39 is 0 Å². The van der Waals surface area contributed by atoms with Crippen molar-refractivity contribution in [3.05, 3.63) is 0 Å². The maximum Gasteiger partial charge on any atom is 0.0111 e. The molecule has 0 bridgehead atoms. The van der Waals surface area contributed by atoms with Gasteiger partial charge in [-0.3, -0.25) is 0 Å². The van der Waals surface area contributed by atoms with E-state index >= 15 is 0 Å². The average Bonchev–Trinajstić information content (AvgIpc) is 2.48. The molecular formula is C17H35N3. The maximum atomic E-state index is 3.87. The molecule has 3 atom stereocenters. The second kappa shape index (κ2) is 8.35. The van der Waals surface area contributed by atoms with E-state index in [4.69, 9.17) is 0 Å². The van der Waals surface area contributed by atoms with E-state index in [1.165, 1.54) is 58.0 Å². The number of nitrogens with one attached hydrogen (secondary N) is 2. The number of hydrogen-bond donors (Lipinski definition) is 2. The van der Waals surface area contributed by atoms with E-state index in [0.29, 0.717) is 6.04 Å². The molecule has 0 radical (unpaired) electrons. The molecule has 3 heteroatoms. The lowest BCUT2D eigenvalue weighted by molar-refractivity contribution is 0.175.